The van der Waals surface area contributed by atoms with Crippen molar-refractivity contribution in [3.05, 3.63) is 29.8 Å². The van der Waals surface area contributed by atoms with Crippen molar-refractivity contribution in [2.75, 3.05) is 6.54 Å². The van der Waals surface area contributed by atoms with Crippen molar-refractivity contribution in [2.24, 2.45) is 10.3 Å². The average molecular weight is 292 g/mol. The number of rotatable bonds is 6. The third-order valence-corrected chi connectivity index (χ3v) is 5.34. The molecule has 3 rings (SSSR count). The molecule has 0 saturated heterocycles. The van der Waals surface area contributed by atoms with Gasteiger partial charge in [0.2, 0.25) is 0 Å². The van der Waals surface area contributed by atoms with Crippen molar-refractivity contribution in [2.45, 2.75) is 43.5 Å². The number of benzene rings is 1. The van der Waals surface area contributed by atoms with Crippen molar-refractivity contribution < 1.29 is 8.42 Å². The molecule has 0 aromatic heterocycles. The van der Waals surface area contributed by atoms with Crippen molar-refractivity contribution >= 4 is 15.7 Å². The van der Waals surface area contributed by atoms with Crippen molar-refractivity contribution in [1.29, 1.82) is 0 Å². The lowest BCUT2D eigenvalue weighted by atomic mass is 10.00. The van der Waals surface area contributed by atoms with Crippen LogP contribution in [0.3, 0.4) is 0 Å². The lowest BCUT2D eigenvalue weighted by Crippen LogP contribution is -2.33. The van der Waals surface area contributed by atoms with Crippen molar-refractivity contribution in [1.82, 2.24) is 5.32 Å². The average Bonchev–Trinajstić information content (AvgIpc) is 3.23. The van der Waals surface area contributed by atoms with Crippen LogP contribution in [0.1, 0.15) is 38.2 Å². The second kappa shape index (κ2) is 5.30. The Morgan fingerprint density at radius 1 is 1.35 bits per heavy atom. The summed E-state index contributed by atoms with van der Waals surface area (Å²) in [7, 11) is -3.47. The first kappa shape index (κ1) is 13.8. The van der Waals surface area contributed by atoms with Gasteiger partial charge in [-0.05, 0) is 37.8 Å². The zero-order valence-electron chi connectivity index (χ0n) is 11.7. The summed E-state index contributed by atoms with van der Waals surface area (Å²) in [6.07, 6.45) is 4.28. The van der Waals surface area contributed by atoms with Gasteiger partial charge in [-0.2, -0.15) is 12.8 Å². The van der Waals surface area contributed by atoms with E-state index in [2.05, 4.69) is 16.6 Å². The minimum Gasteiger partial charge on any atom is -0.313 e. The lowest BCUT2D eigenvalue weighted by molar-refractivity contribution is 0.475. The van der Waals surface area contributed by atoms with E-state index in [0.717, 1.165) is 24.2 Å². The fraction of sp³-hybridized carbons (Fsp3) is 0.533. The van der Waals surface area contributed by atoms with Gasteiger partial charge in [-0.1, -0.05) is 25.1 Å². The maximum atomic E-state index is 12.0. The van der Waals surface area contributed by atoms with Crippen LogP contribution in [0.5, 0.6) is 0 Å². The van der Waals surface area contributed by atoms with E-state index >= 15 is 0 Å². The quantitative estimate of drug-likeness (QED) is 0.875. The molecule has 0 bridgehead atoms. The topological polar surface area (TPSA) is 58.5 Å². The molecule has 5 heteroatoms. The molecule has 1 aromatic rings. The summed E-state index contributed by atoms with van der Waals surface area (Å²) in [4.78, 5) is 0.361. The highest BCUT2D eigenvalue weighted by Gasteiger charge is 2.35. The van der Waals surface area contributed by atoms with E-state index in [1.807, 2.05) is 12.1 Å². The van der Waals surface area contributed by atoms with Gasteiger partial charge in [-0.15, -0.1) is 0 Å². The Hall–Kier alpha value is -1.20. The number of nitrogens with zero attached hydrogens (tertiary/aromatic N) is 1. The highest BCUT2D eigenvalue weighted by atomic mass is 32.2. The molecule has 1 fully saturated rings. The zero-order valence-corrected chi connectivity index (χ0v) is 12.5. The third-order valence-electron chi connectivity index (χ3n) is 3.97. The van der Waals surface area contributed by atoms with E-state index in [4.69, 9.17) is 0 Å². The van der Waals surface area contributed by atoms with Gasteiger partial charge >= 0.3 is 0 Å². The molecule has 20 heavy (non-hydrogen) atoms. The van der Waals surface area contributed by atoms with Crippen molar-refractivity contribution in [3.8, 4) is 0 Å². The number of fused-ring (bicyclic) bond motifs is 1. The minimum atomic E-state index is -3.47. The van der Waals surface area contributed by atoms with Gasteiger partial charge in [0.25, 0.3) is 10.0 Å². The number of nitrogens with one attached hydrogen (secondary N) is 1. The molecule has 108 valence electrons. The van der Waals surface area contributed by atoms with Crippen LogP contribution in [0.25, 0.3) is 0 Å². The fourth-order valence-electron chi connectivity index (χ4n) is 2.76. The van der Waals surface area contributed by atoms with E-state index in [0.29, 0.717) is 23.3 Å². The van der Waals surface area contributed by atoms with Gasteiger partial charge in [0.1, 0.15) is 0 Å². The van der Waals surface area contributed by atoms with Crippen molar-refractivity contribution in [3.63, 3.8) is 0 Å². The minimum absolute atomic E-state index is 0.357. The summed E-state index contributed by atoms with van der Waals surface area (Å²) in [5.74, 6) is 0.680. The number of hydrogen-bond acceptors (Lipinski definition) is 3. The fourth-order valence-corrected chi connectivity index (χ4v) is 4.04. The molecular weight excluding hydrogens is 272 g/mol. The molecule has 1 heterocycles. The maximum absolute atomic E-state index is 12.0. The Morgan fingerprint density at radius 3 is 2.80 bits per heavy atom. The Morgan fingerprint density at radius 2 is 2.10 bits per heavy atom. The van der Waals surface area contributed by atoms with Crippen LogP contribution in [-0.4, -0.2) is 26.7 Å². The van der Waals surface area contributed by atoms with Crippen LogP contribution in [0.2, 0.25) is 0 Å². The van der Waals surface area contributed by atoms with Crippen LogP contribution in [-0.2, 0) is 10.0 Å². The van der Waals surface area contributed by atoms with E-state index in [1.165, 1.54) is 12.8 Å². The summed E-state index contributed by atoms with van der Waals surface area (Å²) >= 11 is 0. The largest absolute Gasteiger partial charge is 0.313 e. The molecule has 1 saturated carbocycles. The molecule has 1 aromatic carbocycles. The third kappa shape index (κ3) is 2.65. The van der Waals surface area contributed by atoms with Gasteiger partial charge in [-0.3, -0.25) is 0 Å². The lowest BCUT2D eigenvalue weighted by Gasteiger charge is -2.17. The Labute approximate surface area is 120 Å². The molecule has 0 spiro atoms. The molecule has 0 radical (unpaired) electrons. The summed E-state index contributed by atoms with van der Waals surface area (Å²) in [5, 5.41) is 3.54. The number of sulfonamides is 1. The van der Waals surface area contributed by atoms with Gasteiger partial charge in [0.15, 0.2) is 0 Å². The van der Waals surface area contributed by atoms with Crippen LogP contribution in [0.4, 0.5) is 0 Å². The first-order chi connectivity index (χ1) is 9.62. The smallest absolute Gasteiger partial charge is 0.283 e. The Kier molecular flexibility index (Phi) is 3.65. The molecule has 4 nitrogen and oxygen atoms in total. The van der Waals surface area contributed by atoms with E-state index in [-0.39, 0.29) is 0 Å². The van der Waals surface area contributed by atoms with E-state index < -0.39 is 10.0 Å². The monoisotopic (exact) mass is 292 g/mol. The predicted molar refractivity (Wildman–Crippen MR) is 79.6 cm³/mol. The standard InChI is InChI=1S/C15H20N2O2S/c1-2-9-16-13(11-7-8-11)10-14-12-5-3-4-6-15(12)20(18,19)17-14/h3-6,11,13,16H,2,7-10H2,1H3. The van der Waals surface area contributed by atoms with Gasteiger partial charge < -0.3 is 5.32 Å². The summed E-state index contributed by atoms with van der Waals surface area (Å²) in [6.45, 7) is 3.12. The molecular formula is C15H20N2O2S. The second-order valence-corrected chi connectivity index (χ2v) is 7.18. The first-order valence-electron chi connectivity index (χ1n) is 7.28. The summed E-state index contributed by atoms with van der Waals surface area (Å²) < 4.78 is 28.1. The first-order valence-corrected chi connectivity index (χ1v) is 8.72. The molecule has 1 aliphatic heterocycles. The van der Waals surface area contributed by atoms with Crippen LogP contribution >= 0.6 is 0 Å². The molecule has 1 atom stereocenters. The molecule has 0 amide bonds. The predicted octanol–water partition coefficient (Wildman–Crippen LogP) is 2.35. The van der Waals surface area contributed by atoms with E-state index in [9.17, 15) is 8.42 Å². The van der Waals surface area contributed by atoms with Crippen LogP contribution in [0, 0.1) is 5.92 Å². The normalized spacial score (nSPS) is 21.4. The zero-order chi connectivity index (χ0) is 14.2. The number of hydrogen-bond donors (Lipinski definition) is 1. The van der Waals surface area contributed by atoms with E-state index in [1.54, 1.807) is 12.1 Å². The molecule has 1 N–H and O–H groups in total. The summed E-state index contributed by atoms with van der Waals surface area (Å²) in [6, 6.07) is 7.49. The van der Waals surface area contributed by atoms with Gasteiger partial charge in [-0.25, -0.2) is 0 Å². The van der Waals surface area contributed by atoms with Crippen LogP contribution in [0.15, 0.2) is 33.6 Å². The van der Waals surface area contributed by atoms with Crippen LogP contribution < -0.4 is 5.32 Å². The van der Waals surface area contributed by atoms with Gasteiger partial charge in [0.05, 0.1) is 10.6 Å². The Balaban J connectivity index is 1.84. The summed E-state index contributed by atoms with van der Waals surface area (Å²) in [5.41, 5.74) is 1.51. The second-order valence-electron chi connectivity index (χ2n) is 5.61. The molecule has 2 aliphatic rings. The molecule has 1 aliphatic carbocycles. The molecule has 1 unspecified atom stereocenters. The maximum Gasteiger partial charge on any atom is 0.283 e. The SMILES string of the molecule is CCCNC(CC1=NS(=O)(=O)c2ccccc21)C1CC1. The Bertz CT molecular complexity index is 633. The highest BCUT2D eigenvalue weighted by Crippen LogP contribution is 2.36. The highest BCUT2D eigenvalue weighted by molar-refractivity contribution is 7.90. The van der Waals surface area contributed by atoms with Gasteiger partial charge in [0, 0.05) is 18.0 Å².